The van der Waals surface area contributed by atoms with Crippen LogP contribution >= 0.6 is 59.1 Å². The van der Waals surface area contributed by atoms with E-state index in [2.05, 4.69) is 47.8 Å². The molecule has 0 aliphatic heterocycles. The quantitative estimate of drug-likeness (QED) is 0.485. The molecule has 0 N–H and O–H groups in total. The SMILES string of the molecule is Cc1sc(C(Br)c2cccc(Br)c2F)cc1Br. The van der Waals surface area contributed by atoms with Crippen molar-refractivity contribution in [1.82, 2.24) is 0 Å². The number of aryl methyl sites for hydroxylation is 1. The van der Waals surface area contributed by atoms with Gasteiger partial charge in [0.1, 0.15) is 5.82 Å². The van der Waals surface area contributed by atoms with Crippen molar-refractivity contribution in [3.63, 3.8) is 0 Å². The summed E-state index contributed by atoms with van der Waals surface area (Å²) in [7, 11) is 0. The molecule has 0 aliphatic carbocycles. The molecule has 0 aliphatic rings. The highest BCUT2D eigenvalue weighted by atomic mass is 79.9. The normalized spacial score (nSPS) is 12.8. The lowest BCUT2D eigenvalue weighted by molar-refractivity contribution is 0.607. The smallest absolute Gasteiger partial charge is 0.142 e. The fourth-order valence-corrected chi connectivity index (χ4v) is 4.18. The van der Waals surface area contributed by atoms with Crippen LogP contribution in [0, 0.1) is 12.7 Å². The summed E-state index contributed by atoms with van der Waals surface area (Å²) in [4.78, 5) is 2.17. The summed E-state index contributed by atoms with van der Waals surface area (Å²) in [6.07, 6.45) is 0. The first-order valence-electron chi connectivity index (χ1n) is 4.84. The number of thiophene rings is 1. The zero-order valence-electron chi connectivity index (χ0n) is 8.81. The monoisotopic (exact) mass is 440 g/mol. The first-order chi connectivity index (χ1) is 8.00. The van der Waals surface area contributed by atoms with Crippen LogP contribution in [0.1, 0.15) is 20.1 Å². The van der Waals surface area contributed by atoms with E-state index >= 15 is 0 Å². The lowest BCUT2D eigenvalue weighted by Gasteiger charge is -2.10. The number of hydrogen-bond acceptors (Lipinski definition) is 1. The Morgan fingerprint density at radius 2 is 1.94 bits per heavy atom. The van der Waals surface area contributed by atoms with Crippen molar-refractivity contribution in [2.45, 2.75) is 11.8 Å². The predicted molar refractivity (Wildman–Crippen MR) is 81.6 cm³/mol. The van der Waals surface area contributed by atoms with Crippen LogP contribution in [-0.2, 0) is 0 Å². The number of halogens is 4. The fraction of sp³-hybridized carbons (Fsp3) is 0.167. The average Bonchev–Trinajstić information content (AvgIpc) is 2.62. The maximum atomic E-state index is 14.0. The molecule has 2 aromatic rings. The van der Waals surface area contributed by atoms with E-state index in [9.17, 15) is 4.39 Å². The van der Waals surface area contributed by atoms with Gasteiger partial charge in [0.2, 0.25) is 0 Å². The lowest BCUT2D eigenvalue weighted by atomic mass is 10.1. The number of rotatable bonds is 2. The van der Waals surface area contributed by atoms with E-state index in [1.165, 1.54) is 4.88 Å². The maximum absolute atomic E-state index is 14.0. The molecule has 0 nitrogen and oxygen atoms in total. The molecule has 0 spiro atoms. The van der Waals surface area contributed by atoms with Gasteiger partial charge in [-0.25, -0.2) is 4.39 Å². The van der Waals surface area contributed by atoms with Crippen molar-refractivity contribution >= 4 is 59.1 Å². The highest BCUT2D eigenvalue weighted by Crippen LogP contribution is 2.40. The summed E-state index contributed by atoms with van der Waals surface area (Å²) in [5, 5.41) is 0. The van der Waals surface area contributed by atoms with Crippen LogP contribution in [0.4, 0.5) is 4.39 Å². The van der Waals surface area contributed by atoms with Gasteiger partial charge in [-0.15, -0.1) is 11.3 Å². The first-order valence-corrected chi connectivity index (χ1v) is 8.16. The highest BCUT2D eigenvalue weighted by molar-refractivity contribution is 9.11. The summed E-state index contributed by atoms with van der Waals surface area (Å²) in [6.45, 7) is 2.04. The maximum Gasteiger partial charge on any atom is 0.142 e. The molecule has 0 radical (unpaired) electrons. The molecule has 0 saturated heterocycles. The van der Waals surface area contributed by atoms with Gasteiger partial charge in [0.05, 0.1) is 9.30 Å². The minimum atomic E-state index is -0.212. The van der Waals surface area contributed by atoms with Crippen LogP contribution in [0.5, 0.6) is 0 Å². The summed E-state index contributed by atoms with van der Waals surface area (Å²) in [5.74, 6) is -0.212. The van der Waals surface area contributed by atoms with Gasteiger partial charge in [-0.2, -0.15) is 0 Å². The van der Waals surface area contributed by atoms with Crippen LogP contribution < -0.4 is 0 Å². The van der Waals surface area contributed by atoms with E-state index in [1.807, 2.05) is 19.1 Å². The van der Waals surface area contributed by atoms with Crippen molar-refractivity contribution in [3.05, 3.63) is 54.3 Å². The van der Waals surface area contributed by atoms with E-state index in [1.54, 1.807) is 23.5 Å². The van der Waals surface area contributed by atoms with E-state index in [0.29, 0.717) is 10.0 Å². The molecule has 0 fully saturated rings. The largest absolute Gasteiger partial charge is 0.205 e. The molecule has 0 amide bonds. The average molecular weight is 443 g/mol. The summed E-state index contributed by atoms with van der Waals surface area (Å²) in [5.41, 5.74) is 0.646. The molecule has 1 aromatic carbocycles. The van der Waals surface area contributed by atoms with Crippen molar-refractivity contribution in [2.75, 3.05) is 0 Å². The molecule has 0 saturated carbocycles. The van der Waals surface area contributed by atoms with E-state index in [4.69, 9.17) is 0 Å². The van der Waals surface area contributed by atoms with Crippen molar-refractivity contribution in [3.8, 4) is 0 Å². The second-order valence-corrected chi connectivity index (χ2v) is 7.47. The van der Waals surface area contributed by atoms with Crippen LogP contribution in [0.15, 0.2) is 33.2 Å². The van der Waals surface area contributed by atoms with Gasteiger partial charge in [0, 0.05) is 19.8 Å². The third-order valence-corrected chi connectivity index (χ3v) is 6.48. The van der Waals surface area contributed by atoms with Crippen LogP contribution in [0.2, 0.25) is 0 Å². The van der Waals surface area contributed by atoms with Gasteiger partial charge in [-0.05, 0) is 50.9 Å². The molecule has 1 atom stereocenters. The minimum absolute atomic E-state index is 0.116. The van der Waals surface area contributed by atoms with Crippen LogP contribution in [-0.4, -0.2) is 0 Å². The number of hydrogen-bond donors (Lipinski definition) is 0. The first kappa shape index (κ1) is 13.7. The van der Waals surface area contributed by atoms with Gasteiger partial charge in [0.15, 0.2) is 0 Å². The Bertz CT molecular complexity index is 531. The minimum Gasteiger partial charge on any atom is -0.205 e. The molecule has 1 unspecified atom stereocenters. The third-order valence-electron chi connectivity index (χ3n) is 2.38. The van der Waals surface area contributed by atoms with Crippen molar-refractivity contribution in [2.24, 2.45) is 0 Å². The standard InChI is InChI=1S/C12H8Br3FS/c1-6-9(14)5-10(17-6)11(15)7-3-2-4-8(13)12(7)16/h2-5,11H,1H3. The molecule has 5 heteroatoms. The van der Waals surface area contributed by atoms with Crippen molar-refractivity contribution in [1.29, 1.82) is 0 Å². The molecule has 90 valence electrons. The van der Waals surface area contributed by atoms with Gasteiger partial charge >= 0.3 is 0 Å². The molecule has 2 rings (SSSR count). The molecule has 1 aromatic heterocycles. The lowest BCUT2D eigenvalue weighted by Crippen LogP contribution is -1.94. The van der Waals surface area contributed by atoms with E-state index < -0.39 is 0 Å². The van der Waals surface area contributed by atoms with E-state index in [-0.39, 0.29) is 10.6 Å². The molecule has 17 heavy (non-hydrogen) atoms. The molecular weight excluding hydrogens is 435 g/mol. The number of alkyl halides is 1. The van der Waals surface area contributed by atoms with E-state index in [0.717, 1.165) is 9.35 Å². The molecule has 1 heterocycles. The molecule has 0 bridgehead atoms. The second-order valence-electron chi connectivity index (χ2n) is 3.56. The second kappa shape index (κ2) is 5.51. The summed E-state index contributed by atoms with van der Waals surface area (Å²) >= 11 is 11.9. The zero-order valence-corrected chi connectivity index (χ0v) is 14.4. The Morgan fingerprint density at radius 1 is 1.24 bits per heavy atom. The van der Waals surface area contributed by atoms with Gasteiger partial charge < -0.3 is 0 Å². The predicted octanol–water partition coefficient (Wildman–Crippen LogP) is 6.20. The van der Waals surface area contributed by atoms with Gasteiger partial charge in [-0.1, -0.05) is 28.1 Å². The Morgan fingerprint density at radius 3 is 2.53 bits per heavy atom. The topological polar surface area (TPSA) is 0 Å². The molecular formula is C12H8Br3FS. The highest BCUT2D eigenvalue weighted by Gasteiger charge is 2.18. The fourth-order valence-electron chi connectivity index (χ4n) is 1.48. The third kappa shape index (κ3) is 2.83. The Kier molecular flexibility index (Phi) is 4.45. The Labute approximate surface area is 129 Å². The number of benzene rings is 1. The van der Waals surface area contributed by atoms with Crippen LogP contribution in [0.25, 0.3) is 0 Å². The van der Waals surface area contributed by atoms with Gasteiger partial charge in [0.25, 0.3) is 0 Å². The van der Waals surface area contributed by atoms with Gasteiger partial charge in [-0.3, -0.25) is 0 Å². The summed E-state index contributed by atoms with van der Waals surface area (Å²) < 4.78 is 15.5. The van der Waals surface area contributed by atoms with Crippen LogP contribution in [0.3, 0.4) is 0 Å². The van der Waals surface area contributed by atoms with Crippen molar-refractivity contribution < 1.29 is 4.39 Å². The zero-order chi connectivity index (χ0) is 12.6. The Balaban J connectivity index is 2.43. The summed E-state index contributed by atoms with van der Waals surface area (Å²) in [6, 6.07) is 7.36. The Hall–Kier alpha value is 0.290.